The Balaban J connectivity index is 1.61. The molecule has 0 saturated heterocycles. The lowest BCUT2D eigenvalue weighted by atomic mass is 9.95. The molecule has 0 saturated carbocycles. The standard InChI is InChI=1S/C21H25NO2/c1-3-19(17-7-5-4-6-8-17)21(23)22-15(2)13-16-9-10-20-18(14-16)11-12-24-20/h4-10,14-15,19H,3,11-13H2,1-2H3,(H,22,23). The van der Waals surface area contributed by atoms with Crippen molar-refractivity contribution in [1.82, 2.24) is 5.32 Å². The molecular formula is C21H25NO2. The lowest BCUT2D eigenvalue weighted by Crippen LogP contribution is -2.37. The van der Waals surface area contributed by atoms with E-state index in [4.69, 9.17) is 4.74 Å². The van der Waals surface area contributed by atoms with Crippen LogP contribution in [0, 0.1) is 0 Å². The van der Waals surface area contributed by atoms with Crippen molar-refractivity contribution in [3.05, 3.63) is 65.2 Å². The van der Waals surface area contributed by atoms with E-state index in [-0.39, 0.29) is 17.9 Å². The molecule has 1 amide bonds. The number of ether oxygens (including phenoxy) is 1. The van der Waals surface area contributed by atoms with Crippen LogP contribution in [-0.4, -0.2) is 18.6 Å². The quantitative estimate of drug-likeness (QED) is 0.876. The molecule has 2 aromatic carbocycles. The summed E-state index contributed by atoms with van der Waals surface area (Å²) >= 11 is 0. The molecule has 126 valence electrons. The topological polar surface area (TPSA) is 38.3 Å². The van der Waals surface area contributed by atoms with Crippen molar-refractivity contribution >= 4 is 5.91 Å². The summed E-state index contributed by atoms with van der Waals surface area (Å²) in [5.74, 6) is 1.04. The molecule has 0 fully saturated rings. The van der Waals surface area contributed by atoms with Gasteiger partial charge in [0, 0.05) is 12.5 Å². The molecular weight excluding hydrogens is 298 g/mol. The summed E-state index contributed by atoms with van der Waals surface area (Å²) in [7, 11) is 0. The number of carbonyl (C=O) groups is 1. The largest absolute Gasteiger partial charge is 0.493 e. The van der Waals surface area contributed by atoms with Crippen LogP contribution in [0.2, 0.25) is 0 Å². The molecule has 24 heavy (non-hydrogen) atoms. The van der Waals surface area contributed by atoms with E-state index >= 15 is 0 Å². The van der Waals surface area contributed by atoms with Crippen LogP contribution >= 0.6 is 0 Å². The van der Waals surface area contributed by atoms with Crippen molar-refractivity contribution in [2.75, 3.05) is 6.61 Å². The number of carbonyl (C=O) groups excluding carboxylic acids is 1. The smallest absolute Gasteiger partial charge is 0.227 e. The van der Waals surface area contributed by atoms with E-state index in [2.05, 4.69) is 31.3 Å². The van der Waals surface area contributed by atoms with Crippen molar-refractivity contribution < 1.29 is 9.53 Å². The minimum Gasteiger partial charge on any atom is -0.493 e. The van der Waals surface area contributed by atoms with Crippen LogP contribution < -0.4 is 10.1 Å². The summed E-state index contributed by atoms with van der Waals surface area (Å²) in [5, 5.41) is 3.18. The van der Waals surface area contributed by atoms with Gasteiger partial charge >= 0.3 is 0 Å². The van der Waals surface area contributed by atoms with Crippen molar-refractivity contribution in [3.8, 4) is 5.75 Å². The number of amides is 1. The summed E-state index contributed by atoms with van der Waals surface area (Å²) < 4.78 is 5.55. The van der Waals surface area contributed by atoms with Gasteiger partial charge in [0.15, 0.2) is 0 Å². The Morgan fingerprint density at radius 3 is 2.75 bits per heavy atom. The zero-order valence-corrected chi connectivity index (χ0v) is 14.4. The predicted molar refractivity (Wildman–Crippen MR) is 96.4 cm³/mol. The van der Waals surface area contributed by atoms with Crippen molar-refractivity contribution in [2.24, 2.45) is 0 Å². The molecule has 3 nitrogen and oxygen atoms in total. The molecule has 1 heterocycles. The average Bonchev–Trinajstić information content (AvgIpc) is 3.04. The monoisotopic (exact) mass is 323 g/mol. The molecule has 2 unspecified atom stereocenters. The summed E-state index contributed by atoms with van der Waals surface area (Å²) in [6.45, 7) is 4.90. The highest BCUT2D eigenvalue weighted by molar-refractivity contribution is 5.83. The fraction of sp³-hybridized carbons (Fsp3) is 0.381. The Bertz CT molecular complexity index is 696. The Kier molecular flexibility index (Phi) is 5.19. The number of benzene rings is 2. The zero-order chi connectivity index (χ0) is 16.9. The minimum atomic E-state index is -0.0814. The van der Waals surface area contributed by atoms with Gasteiger partial charge in [0.1, 0.15) is 5.75 Å². The highest BCUT2D eigenvalue weighted by Crippen LogP contribution is 2.26. The lowest BCUT2D eigenvalue weighted by molar-refractivity contribution is -0.123. The van der Waals surface area contributed by atoms with Gasteiger partial charge in [-0.2, -0.15) is 0 Å². The molecule has 0 aliphatic carbocycles. The second-order valence-corrected chi connectivity index (χ2v) is 6.53. The molecule has 0 radical (unpaired) electrons. The Morgan fingerprint density at radius 2 is 2.00 bits per heavy atom. The first-order valence-electron chi connectivity index (χ1n) is 8.77. The van der Waals surface area contributed by atoms with Crippen molar-refractivity contribution in [1.29, 1.82) is 0 Å². The molecule has 1 N–H and O–H groups in total. The van der Waals surface area contributed by atoms with E-state index in [1.165, 1.54) is 11.1 Å². The Morgan fingerprint density at radius 1 is 1.21 bits per heavy atom. The molecule has 3 rings (SSSR count). The van der Waals surface area contributed by atoms with E-state index in [0.29, 0.717) is 0 Å². The van der Waals surface area contributed by atoms with Gasteiger partial charge in [0.25, 0.3) is 0 Å². The number of hydrogen-bond acceptors (Lipinski definition) is 2. The number of nitrogens with one attached hydrogen (secondary N) is 1. The van der Waals surface area contributed by atoms with Crippen LogP contribution in [0.5, 0.6) is 5.75 Å². The maximum Gasteiger partial charge on any atom is 0.227 e. The van der Waals surface area contributed by atoms with E-state index in [9.17, 15) is 4.79 Å². The van der Waals surface area contributed by atoms with Crippen LogP contribution in [0.3, 0.4) is 0 Å². The van der Waals surface area contributed by atoms with E-state index < -0.39 is 0 Å². The van der Waals surface area contributed by atoms with Gasteiger partial charge in [0.05, 0.1) is 12.5 Å². The van der Waals surface area contributed by atoms with E-state index in [0.717, 1.165) is 37.2 Å². The van der Waals surface area contributed by atoms with Gasteiger partial charge in [-0.3, -0.25) is 4.79 Å². The molecule has 2 atom stereocenters. The third kappa shape index (κ3) is 3.78. The highest BCUT2D eigenvalue weighted by Gasteiger charge is 2.20. The van der Waals surface area contributed by atoms with Gasteiger partial charge in [-0.15, -0.1) is 0 Å². The lowest BCUT2D eigenvalue weighted by Gasteiger charge is -2.20. The van der Waals surface area contributed by atoms with Crippen LogP contribution in [0.15, 0.2) is 48.5 Å². The first-order chi connectivity index (χ1) is 11.7. The van der Waals surface area contributed by atoms with Crippen LogP contribution in [0.25, 0.3) is 0 Å². The fourth-order valence-corrected chi connectivity index (χ4v) is 3.37. The minimum absolute atomic E-state index is 0.0814. The SMILES string of the molecule is CCC(C(=O)NC(C)Cc1ccc2c(c1)CCO2)c1ccccc1. The maximum atomic E-state index is 12.6. The summed E-state index contributed by atoms with van der Waals surface area (Å²) in [6, 6.07) is 16.5. The van der Waals surface area contributed by atoms with Crippen molar-refractivity contribution in [3.63, 3.8) is 0 Å². The number of rotatable bonds is 6. The summed E-state index contributed by atoms with van der Waals surface area (Å²) in [4.78, 5) is 12.6. The fourth-order valence-electron chi connectivity index (χ4n) is 3.37. The van der Waals surface area contributed by atoms with Gasteiger partial charge in [-0.1, -0.05) is 49.4 Å². The normalized spacial score (nSPS) is 15.2. The maximum absolute atomic E-state index is 12.6. The second-order valence-electron chi connectivity index (χ2n) is 6.53. The third-order valence-electron chi connectivity index (χ3n) is 4.61. The summed E-state index contributed by atoms with van der Waals surface area (Å²) in [5.41, 5.74) is 3.61. The first-order valence-corrected chi connectivity index (χ1v) is 8.77. The van der Waals surface area contributed by atoms with Gasteiger partial charge < -0.3 is 10.1 Å². The Labute approximate surface area is 144 Å². The molecule has 1 aliphatic heterocycles. The molecule has 2 aromatic rings. The van der Waals surface area contributed by atoms with Crippen LogP contribution in [-0.2, 0) is 17.6 Å². The molecule has 0 bridgehead atoms. The van der Waals surface area contributed by atoms with Crippen LogP contribution in [0.4, 0.5) is 0 Å². The molecule has 3 heteroatoms. The van der Waals surface area contributed by atoms with Crippen LogP contribution in [0.1, 0.15) is 42.9 Å². The highest BCUT2D eigenvalue weighted by atomic mass is 16.5. The predicted octanol–water partition coefficient (Wildman–Crippen LogP) is 3.86. The third-order valence-corrected chi connectivity index (χ3v) is 4.61. The van der Waals surface area contributed by atoms with Gasteiger partial charge in [-0.25, -0.2) is 0 Å². The second kappa shape index (κ2) is 7.52. The average molecular weight is 323 g/mol. The first kappa shape index (κ1) is 16.6. The molecule has 0 spiro atoms. The van der Waals surface area contributed by atoms with E-state index in [1.807, 2.05) is 36.4 Å². The number of fused-ring (bicyclic) bond motifs is 1. The number of hydrogen-bond donors (Lipinski definition) is 1. The van der Waals surface area contributed by atoms with Gasteiger partial charge in [-0.05, 0) is 42.5 Å². The molecule has 1 aliphatic rings. The zero-order valence-electron chi connectivity index (χ0n) is 14.4. The van der Waals surface area contributed by atoms with Gasteiger partial charge in [0.2, 0.25) is 5.91 Å². The molecule has 0 aromatic heterocycles. The Hall–Kier alpha value is -2.29. The van der Waals surface area contributed by atoms with Crippen molar-refractivity contribution in [2.45, 2.75) is 45.1 Å². The summed E-state index contributed by atoms with van der Waals surface area (Å²) in [6.07, 6.45) is 2.62. The van der Waals surface area contributed by atoms with E-state index in [1.54, 1.807) is 0 Å².